The topological polar surface area (TPSA) is 37.8 Å². The van der Waals surface area contributed by atoms with E-state index in [1.807, 2.05) is 37.9 Å². The third-order valence-electron chi connectivity index (χ3n) is 2.50. The van der Waals surface area contributed by atoms with E-state index in [1.165, 1.54) is 5.56 Å². The standard InChI is InChI=1S/C14H17N3S/c1-11-8-13(15-2)17-14(16-11)10-18-9-12-6-4-3-5-7-12/h3-8H,9-10H2,1-2H3,(H,15,16,17). The second-order valence-electron chi connectivity index (χ2n) is 4.04. The molecule has 1 heterocycles. The van der Waals surface area contributed by atoms with E-state index in [4.69, 9.17) is 0 Å². The van der Waals surface area contributed by atoms with Gasteiger partial charge in [0.1, 0.15) is 11.6 Å². The molecule has 0 radical (unpaired) electrons. The molecule has 0 saturated carbocycles. The lowest BCUT2D eigenvalue weighted by molar-refractivity contribution is 0.996. The predicted octanol–water partition coefficient (Wildman–Crippen LogP) is 3.26. The number of anilines is 1. The summed E-state index contributed by atoms with van der Waals surface area (Å²) in [5.74, 6) is 3.61. The summed E-state index contributed by atoms with van der Waals surface area (Å²) in [6.07, 6.45) is 0. The van der Waals surface area contributed by atoms with Gasteiger partial charge < -0.3 is 5.32 Å². The lowest BCUT2D eigenvalue weighted by Gasteiger charge is -2.05. The van der Waals surface area contributed by atoms with Gasteiger partial charge in [0.15, 0.2) is 0 Å². The molecule has 4 heteroatoms. The first-order chi connectivity index (χ1) is 8.78. The number of hydrogen-bond acceptors (Lipinski definition) is 4. The van der Waals surface area contributed by atoms with E-state index in [9.17, 15) is 0 Å². The fourth-order valence-corrected chi connectivity index (χ4v) is 2.50. The van der Waals surface area contributed by atoms with Crippen LogP contribution in [0.25, 0.3) is 0 Å². The highest BCUT2D eigenvalue weighted by Crippen LogP contribution is 2.17. The Morgan fingerprint density at radius 2 is 1.89 bits per heavy atom. The van der Waals surface area contributed by atoms with Gasteiger partial charge in [-0.15, -0.1) is 11.8 Å². The molecule has 0 amide bonds. The molecule has 94 valence electrons. The van der Waals surface area contributed by atoms with Crippen LogP contribution in [0.1, 0.15) is 17.1 Å². The van der Waals surface area contributed by atoms with Crippen LogP contribution in [0.15, 0.2) is 36.4 Å². The van der Waals surface area contributed by atoms with E-state index in [0.717, 1.165) is 28.8 Å². The second kappa shape index (κ2) is 6.40. The van der Waals surface area contributed by atoms with Crippen LogP contribution >= 0.6 is 11.8 Å². The second-order valence-corrected chi connectivity index (χ2v) is 5.02. The summed E-state index contributed by atoms with van der Waals surface area (Å²) >= 11 is 1.83. The first kappa shape index (κ1) is 12.9. The van der Waals surface area contributed by atoms with E-state index in [0.29, 0.717) is 0 Å². The summed E-state index contributed by atoms with van der Waals surface area (Å²) in [4.78, 5) is 8.88. The van der Waals surface area contributed by atoms with Gasteiger partial charge in [0, 0.05) is 24.6 Å². The average molecular weight is 259 g/mol. The number of nitrogens with one attached hydrogen (secondary N) is 1. The van der Waals surface area contributed by atoms with E-state index >= 15 is 0 Å². The predicted molar refractivity (Wildman–Crippen MR) is 77.8 cm³/mol. The minimum Gasteiger partial charge on any atom is -0.373 e. The number of aromatic nitrogens is 2. The molecular weight excluding hydrogens is 242 g/mol. The minimum atomic E-state index is 0.839. The zero-order chi connectivity index (χ0) is 12.8. The van der Waals surface area contributed by atoms with Gasteiger partial charge in [-0.3, -0.25) is 0 Å². The number of rotatable bonds is 5. The first-order valence-electron chi connectivity index (χ1n) is 5.92. The molecule has 0 aliphatic carbocycles. The summed E-state index contributed by atoms with van der Waals surface area (Å²) < 4.78 is 0. The fourth-order valence-electron chi connectivity index (χ4n) is 1.66. The molecule has 2 rings (SSSR count). The lowest BCUT2D eigenvalue weighted by atomic mass is 10.2. The summed E-state index contributed by atoms with van der Waals surface area (Å²) in [7, 11) is 1.88. The van der Waals surface area contributed by atoms with Crippen molar-refractivity contribution < 1.29 is 0 Å². The van der Waals surface area contributed by atoms with Crippen LogP contribution in [0.2, 0.25) is 0 Å². The minimum absolute atomic E-state index is 0.839. The average Bonchev–Trinajstić information content (AvgIpc) is 2.39. The Labute approximate surface area is 112 Å². The van der Waals surface area contributed by atoms with Gasteiger partial charge >= 0.3 is 0 Å². The maximum Gasteiger partial charge on any atom is 0.140 e. The highest BCUT2D eigenvalue weighted by atomic mass is 32.2. The molecule has 3 nitrogen and oxygen atoms in total. The monoisotopic (exact) mass is 259 g/mol. The van der Waals surface area contributed by atoms with Gasteiger partial charge in [0.05, 0.1) is 5.75 Å². The van der Waals surface area contributed by atoms with Crippen molar-refractivity contribution in [3.63, 3.8) is 0 Å². The normalized spacial score (nSPS) is 10.3. The Kier molecular flexibility index (Phi) is 4.59. The van der Waals surface area contributed by atoms with Crippen molar-refractivity contribution in [3.8, 4) is 0 Å². The molecule has 0 unspecified atom stereocenters. The molecule has 18 heavy (non-hydrogen) atoms. The third kappa shape index (κ3) is 3.74. The largest absolute Gasteiger partial charge is 0.373 e. The Bertz CT molecular complexity index is 500. The number of thioether (sulfide) groups is 1. The van der Waals surface area contributed by atoms with Crippen molar-refractivity contribution in [1.29, 1.82) is 0 Å². The van der Waals surface area contributed by atoms with Gasteiger partial charge in [-0.25, -0.2) is 9.97 Å². The highest BCUT2D eigenvalue weighted by molar-refractivity contribution is 7.97. The van der Waals surface area contributed by atoms with Crippen LogP contribution < -0.4 is 5.32 Å². The van der Waals surface area contributed by atoms with Crippen LogP contribution in [0.4, 0.5) is 5.82 Å². The van der Waals surface area contributed by atoms with Crippen molar-refractivity contribution >= 4 is 17.6 Å². The summed E-state index contributed by atoms with van der Waals surface area (Å²) in [5, 5.41) is 3.06. The maximum atomic E-state index is 4.44. The van der Waals surface area contributed by atoms with Crippen LogP contribution in [0.3, 0.4) is 0 Å². The highest BCUT2D eigenvalue weighted by Gasteiger charge is 2.01. The summed E-state index contributed by atoms with van der Waals surface area (Å²) in [5.41, 5.74) is 2.34. The van der Waals surface area contributed by atoms with Gasteiger partial charge in [0.25, 0.3) is 0 Å². The van der Waals surface area contributed by atoms with Gasteiger partial charge in [0.2, 0.25) is 0 Å². The molecule has 2 aromatic rings. The van der Waals surface area contributed by atoms with E-state index in [2.05, 4.69) is 39.6 Å². The third-order valence-corrected chi connectivity index (χ3v) is 3.50. The molecule has 0 bridgehead atoms. The first-order valence-corrected chi connectivity index (χ1v) is 7.07. The quantitative estimate of drug-likeness (QED) is 0.894. The Balaban J connectivity index is 1.92. The van der Waals surface area contributed by atoms with E-state index < -0.39 is 0 Å². The molecule has 1 aromatic heterocycles. The molecule has 0 fully saturated rings. The molecule has 0 saturated heterocycles. The van der Waals surface area contributed by atoms with Crippen LogP contribution in [0, 0.1) is 6.92 Å². The Morgan fingerprint density at radius 3 is 2.61 bits per heavy atom. The molecule has 1 aromatic carbocycles. The van der Waals surface area contributed by atoms with E-state index in [1.54, 1.807) is 0 Å². The molecular formula is C14H17N3S. The van der Waals surface area contributed by atoms with Crippen molar-refractivity contribution in [3.05, 3.63) is 53.5 Å². The number of benzene rings is 1. The van der Waals surface area contributed by atoms with Crippen LogP contribution in [-0.2, 0) is 11.5 Å². The van der Waals surface area contributed by atoms with Crippen molar-refractivity contribution in [2.75, 3.05) is 12.4 Å². The van der Waals surface area contributed by atoms with E-state index in [-0.39, 0.29) is 0 Å². The van der Waals surface area contributed by atoms with Gasteiger partial charge in [-0.1, -0.05) is 30.3 Å². The fraction of sp³-hybridized carbons (Fsp3) is 0.286. The molecule has 0 atom stereocenters. The smallest absolute Gasteiger partial charge is 0.140 e. The lowest BCUT2D eigenvalue weighted by Crippen LogP contribution is -2.00. The maximum absolute atomic E-state index is 4.44. The van der Waals surface area contributed by atoms with Crippen molar-refractivity contribution in [1.82, 2.24) is 9.97 Å². The Hall–Kier alpha value is -1.55. The van der Waals surface area contributed by atoms with Gasteiger partial charge in [-0.2, -0.15) is 0 Å². The zero-order valence-electron chi connectivity index (χ0n) is 10.7. The summed E-state index contributed by atoms with van der Waals surface area (Å²) in [6.45, 7) is 1.99. The van der Waals surface area contributed by atoms with Crippen LogP contribution in [-0.4, -0.2) is 17.0 Å². The number of aryl methyl sites for hydroxylation is 1. The molecule has 1 N–H and O–H groups in total. The van der Waals surface area contributed by atoms with Crippen molar-refractivity contribution in [2.24, 2.45) is 0 Å². The molecule has 0 spiro atoms. The van der Waals surface area contributed by atoms with Gasteiger partial charge in [-0.05, 0) is 12.5 Å². The van der Waals surface area contributed by atoms with Crippen molar-refractivity contribution in [2.45, 2.75) is 18.4 Å². The number of hydrogen-bond donors (Lipinski definition) is 1. The summed E-state index contributed by atoms with van der Waals surface area (Å²) in [6, 6.07) is 12.4. The molecule has 0 aliphatic heterocycles. The Morgan fingerprint density at radius 1 is 1.11 bits per heavy atom. The van der Waals surface area contributed by atoms with Crippen LogP contribution in [0.5, 0.6) is 0 Å². The zero-order valence-corrected chi connectivity index (χ0v) is 11.5. The number of nitrogens with zero attached hydrogens (tertiary/aromatic N) is 2. The SMILES string of the molecule is CNc1cc(C)nc(CSCc2ccccc2)n1. The molecule has 0 aliphatic rings.